The number of halogens is 1. The zero-order valence-corrected chi connectivity index (χ0v) is 10.4. The molecule has 0 atom stereocenters. The van der Waals surface area contributed by atoms with Gasteiger partial charge in [0.05, 0.1) is 18.8 Å². The summed E-state index contributed by atoms with van der Waals surface area (Å²) in [7, 11) is 0. The summed E-state index contributed by atoms with van der Waals surface area (Å²) in [6.45, 7) is -2.41. The topological polar surface area (TPSA) is 39.4 Å². The molecule has 0 aliphatic carbocycles. The van der Waals surface area contributed by atoms with Crippen LogP contribution in [0.25, 0.3) is 0 Å². The first kappa shape index (κ1) is 13.0. The third-order valence-corrected chi connectivity index (χ3v) is 6.51. The van der Waals surface area contributed by atoms with Gasteiger partial charge in [0.25, 0.3) is 16.5 Å². The molecule has 0 aromatic carbocycles. The van der Waals surface area contributed by atoms with Gasteiger partial charge >= 0.3 is 6.62 Å². The van der Waals surface area contributed by atoms with Crippen molar-refractivity contribution in [2.75, 3.05) is 0 Å². The average molecular weight is 284 g/mol. The molecule has 0 saturated heterocycles. The monoisotopic (exact) mass is 283 g/mol. The highest BCUT2D eigenvalue weighted by Crippen LogP contribution is 2.60. The van der Waals surface area contributed by atoms with Crippen molar-refractivity contribution in [3.63, 3.8) is 0 Å². The molecule has 3 aromatic rings. The fourth-order valence-electron chi connectivity index (χ4n) is 1.66. The Bertz CT molecular complexity index is 486. The number of rotatable bonds is 3. The van der Waals surface area contributed by atoms with Crippen molar-refractivity contribution in [1.29, 1.82) is 0 Å². The molecule has 0 saturated carbocycles. The smallest absolute Gasteiger partial charge is 0.321 e. The van der Waals surface area contributed by atoms with Gasteiger partial charge < -0.3 is 13.3 Å². The highest BCUT2D eigenvalue weighted by atomic mass is 35.7. The van der Waals surface area contributed by atoms with Crippen LogP contribution in [-0.2, 0) is 0 Å². The summed E-state index contributed by atoms with van der Waals surface area (Å²) in [5, 5.41) is 0. The molecule has 3 aromatic heterocycles. The van der Waals surface area contributed by atoms with E-state index in [1.54, 1.807) is 37.0 Å². The zero-order valence-electron chi connectivity index (χ0n) is 8.75. The van der Waals surface area contributed by atoms with Crippen molar-refractivity contribution in [2.24, 2.45) is 0 Å². The molecule has 0 spiro atoms. The normalized spacial score (nSPS) is 11.2. The summed E-state index contributed by atoms with van der Waals surface area (Å²) < 4.78 is 16.3. The highest BCUT2D eigenvalue weighted by Gasteiger charge is 2.54. The first-order valence-electron chi connectivity index (χ1n) is 5.03. The van der Waals surface area contributed by atoms with Crippen molar-refractivity contribution in [2.45, 2.75) is 7.43 Å². The highest BCUT2D eigenvalue weighted by molar-refractivity contribution is 8.14. The Morgan fingerprint density at radius 2 is 1.06 bits per heavy atom. The summed E-state index contributed by atoms with van der Waals surface area (Å²) in [6, 6.07) is 10.9. The molecule has 0 radical (unpaired) electrons. The fourth-order valence-corrected chi connectivity index (χ4v) is 4.67. The minimum atomic E-state index is -2.41. The lowest BCUT2D eigenvalue weighted by atomic mass is 10.7. The van der Waals surface area contributed by atoms with Crippen LogP contribution in [0.4, 0.5) is 0 Å². The van der Waals surface area contributed by atoms with E-state index in [0.717, 1.165) is 0 Å². The van der Waals surface area contributed by atoms with Crippen molar-refractivity contribution in [3.05, 3.63) is 55.2 Å². The standard InChI is InChI=1S/C12H9ClO3P.CH4/c13-17(10-4-1-7-14-10,11-5-2-8-15-11)12-6-3-9-16-12;/h1-9H;1H4/q+1;. The van der Waals surface area contributed by atoms with E-state index in [1.807, 2.05) is 18.2 Å². The maximum atomic E-state index is 6.77. The van der Waals surface area contributed by atoms with E-state index in [9.17, 15) is 0 Å². The number of hydrogen-bond donors (Lipinski definition) is 0. The molecule has 3 heterocycles. The summed E-state index contributed by atoms with van der Waals surface area (Å²) in [5.74, 6) is 0. The second-order valence-corrected chi connectivity index (χ2v) is 7.46. The Morgan fingerprint density at radius 1 is 0.722 bits per heavy atom. The maximum absolute atomic E-state index is 6.77. The lowest BCUT2D eigenvalue weighted by Gasteiger charge is -2.08. The van der Waals surface area contributed by atoms with Crippen LogP contribution in [0.15, 0.2) is 68.4 Å². The van der Waals surface area contributed by atoms with Crippen LogP contribution in [-0.4, -0.2) is 0 Å². The zero-order chi connectivity index (χ0) is 11.7. The molecule has 5 heteroatoms. The predicted octanol–water partition coefficient (Wildman–Crippen LogP) is 3.55. The minimum Gasteiger partial charge on any atom is -0.433 e. The molecular weight excluding hydrogens is 271 g/mol. The van der Waals surface area contributed by atoms with Gasteiger partial charge in [0, 0.05) is 18.2 Å². The third kappa shape index (κ3) is 1.90. The van der Waals surface area contributed by atoms with Crippen molar-refractivity contribution >= 4 is 34.4 Å². The molecular formula is C13H13ClO3P+. The average Bonchev–Trinajstić information content (AvgIpc) is 3.10. The summed E-state index contributed by atoms with van der Waals surface area (Å²) in [5.41, 5.74) is 2.01. The fraction of sp³-hybridized carbons (Fsp3) is 0.0769. The quantitative estimate of drug-likeness (QED) is 0.690. The molecule has 94 valence electrons. The molecule has 0 amide bonds. The van der Waals surface area contributed by atoms with E-state index in [2.05, 4.69) is 0 Å². The number of hydrogen-bond acceptors (Lipinski definition) is 3. The second-order valence-electron chi connectivity index (χ2n) is 3.44. The molecule has 0 unspecified atom stereocenters. The van der Waals surface area contributed by atoms with E-state index in [-0.39, 0.29) is 7.43 Å². The lowest BCUT2D eigenvalue weighted by molar-refractivity contribution is 0.583. The van der Waals surface area contributed by atoms with Gasteiger partial charge in [0.15, 0.2) is 0 Å². The van der Waals surface area contributed by atoms with Gasteiger partial charge in [0.1, 0.15) is 11.2 Å². The van der Waals surface area contributed by atoms with E-state index >= 15 is 0 Å². The molecule has 0 aliphatic heterocycles. The minimum absolute atomic E-state index is 0. The van der Waals surface area contributed by atoms with E-state index < -0.39 is 6.62 Å². The van der Waals surface area contributed by atoms with Gasteiger partial charge in [-0.05, 0) is 18.2 Å². The Hall–Kier alpha value is -1.44. The largest absolute Gasteiger partial charge is 0.433 e. The van der Waals surface area contributed by atoms with Crippen molar-refractivity contribution in [3.8, 4) is 0 Å². The van der Waals surface area contributed by atoms with Crippen LogP contribution in [0, 0.1) is 0 Å². The van der Waals surface area contributed by atoms with Gasteiger partial charge in [-0.3, -0.25) is 0 Å². The van der Waals surface area contributed by atoms with E-state index in [4.69, 9.17) is 24.5 Å². The Labute approximate surface area is 110 Å². The summed E-state index contributed by atoms with van der Waals surface area (Å²) >= 11 is 6.77. The van der Waals surface area contributed by atoms with Crippen LogP contribution in [0.2, 0.25) is 0 Å². The van der Waals surface area contributed by atoms with Gasteiger partial charge in [-0.25, -0.2) is 0 Å². The van der Waals surface area contributed by atoms with Gasteiger partial charge in [-0.15, -0.1) is 0 Å². The molecule has 3 rings (SSSR count). The van der Waals surface area contributed by atoms with Crippen LogP contribution < -0.4 is 16.5 Å². The lowest BCUT2D eigenvalue weighted by Crippen LogP contribution is -2.24. The number of furan rings is 3. The SMILES string of the molecule is C.Cl[P+](c1ccco1)(c1ccco1)c1ccco1. The first-order chi connectivity index (χ1) is 8.32. The van der Waals surface area contributed by atoms with E-state index in [1.165, 1.54) is 0 Å². The van der Waals surface area contributed by atoms with Gasteiger partial charge in [0.2, 0.25) is 0 Å². The summed E-state index contributed by atoms with van der Waals surface area (Å²) in [4.78, 5) is 0. The summed E-state index contributed by atoms with van der Waals surface area (Å²) in [6.07, 6.45) is 4.79. The third-order valence-electron chi connectivity index (χ3n) is 2.43. The molecule has 0 N–H and O–H groups in total. The van der Waals surface area contributed by atoms with Crippen molar-refractivity contribution < 1.29 is 13.3 Å². The first-order valence-corrected chi connectivity index (χ1v) is 7.72. The van der Waals surface area contributed by atoms with E-state index in [0.29, 0.717) is 16.5 Å². The van der Waals surface area contributed by atoms with Crippen LogP contribution in [0.3, 0.4) is 0 Å². The molecule has 3 nitrogen and oxygen atoms in total. The van der Waals surface area contributed by atoms with Gasteiger partial charge in [-0.1, -0.05) is 7.43 Å². The van der Waals surface area contributed by atoms with Crippen LogP contribution in [0.1, 0.15) is 7.43 Å². The predicted molar refractivity (Wildman–Crippen MR) is 74.5 cm³/mol. The van der Waals surface area contributed by atoms with Crippen LogP contribution in [0.5, 0.6) is 0 Å². The molecule has 0 bridgehead atoms. The molecule has 18 heavy (non-hydrogen) atoms. The van der Waals surface area contributed by atoms with Crippen LogP contribution >= 0.6 is 17.9 Å². The molecule has 0 fully saturated rings. The maximum Gasteiger partial charge on any atom is 0.321 e. The molecule has 0 aliphatic rings. The Kier molecular flexibility index (Phi) is 3.65. The Balaban J connectivity index is 0.00000120. The van der Waals surface area contributed by atoms with Gasteiger partial charge in [-0.2, -0.15) is 0 Å². The van der Waals surface area contributed by atoms with Crippen molar-refractivity contribution in [1.82, 2.24) is 0 Å². The second kappa shape index (κ2) is 5.05. The Morgan fingerprint density at radius 3 is 1.28 bits per heavy atom.